The Morgan fingerprint density at radius 3 is 2.31 bits per heavy atom. The molecule has 0 aliphatic carbocycles. The van der Waals surface area contributed by atoms with Gasteiger partial charge >= 0.3 is 0 Å². The van der Waals surface area contributed by atoms with Gasteiger partial charge in [-0.15, -0.1) is 0 Å². The molecule has 0 radical (unpaired) electrons. The zero-order chi connectivity index (χ0) is 48.3. The van der Waals surface area contributed by atoms with Crippen LogP contribution in [0.25, 0.3) is 10.9 Å². The normalized spacial score (nSPS) is 20.4. The van der Waals surface area contributed by atoms with Crippen molar-refractivity contribution in [1.82, 2.24) is 57.5 Å². The topological polar surface area (TPSA) is 320 Å². The minimum Gasteiger partial charge on any atom is -0.361 e. The molecule has 4 aromatic rings. The fourth-order valence-corrected chi connectivity index (χ4v) is 7.65. The Hall–Kier alpha value is -7.42. The molecule has 2 aromatic heterocycles. The molecule has 358 valence electrons. The van der Waals surface area contributed by atoms with Crippen LogP contribution in [0.3, 0.4) is 0 Å². The van der Waals surface area contributed by atoms with Crippen molar-refractivity contribution >= 4 is 64.4 Å². The number of carbonyl (C=O) groups is 9. The number of amides is 8. The van der Waals surface area contributed by atoms with E-state index >= 15 is 0 Å². The molecular formula is C46H60N12O9. The number of aromatic amines is 2. The van der Waals surface area contributed by atoms with Gasteiger partial charge < -0.3 is 63.0 Å². The second-order valence-corrected chi connectivity index (χ2v) is 16.6. The van der Waals surface area contributed by atoms with Crippen LogP contribution >= 0.6 is 0 Å². The third-order valence-electron chi connectivity index (χ3n) is 11.3. The lowest BCUT2D eigenvalue weighted by Gasteiger charge is -2.30. The molecule has 6 atom stereocenters. The van der Waals surface area contributed by atoms with Crippen molar-refractivity contribution in [1.29, 1.82) is 0 Å². The van der Waals surface area contributed by atoms with Gasteiger partial charge in [0.15, 0.2) is 0 Å². The molecule has 12 N–H and O–H groups in total. The Bertz CT molecular complexity index is 2360. The zero-order valence-corrected chi connectivity index (χ0v) is 37.6. The van der Waals surface area contributed by atoms with Gasteiger partial charge in [-0.25, -0.2) is 4.98 Å². The molecule has 2 aromatic carbocycles. The molecule has 8 amide bonds. The van der Waals surface area contributed by atoms with E-state index in [1.54, 1.807) is 36.5 Å². The number of hydrogen-bond acceptors (Lipinski definition) is 11. The van der Waals surface area contributed by atoms with Crippen molar-refractivity contribution < 1.29 is 43.2 Å². The summed E-state index contributed by atoms with van der Waals surface area (Å²) in [6.45, 7) is 2.04. The summed E-state index contributed by atoms with van der Waals surface area (Å²) in [5.41, 5.74) is 7.12. The Balaban J connectivity index is 1.44. The summed E-state index contributed by atoms with van der Waals surface area (Å²) in [7, 11) is 0. The third-order valence-corrected chi connectivity index (χ3v) is 11.3. The lowest BCUT2D eigenvalue weighted by molar-refractivity contribution is -0.135. The summed E-state index contributed by atoms with van der Waals surface area (Å²) >= 11 is 0. The van der Waals surface area contributed by atoms with E-state index in [1.165, 1.54) is 19.4 Å². The summed E-state index contributed by atoms with van der Waals surface area (Å²) in [4.78, 5) is 132. The number of unbranched alkanes of at least 4 members (excludes halogenated alkanes) is 1. The van der Waals surface area contributed by atoms with Gasteiger partial charge in [0.2, 0.25) is 47.3 Å². The Morgan fingerprint density at radius 2 is 1.61 bits per heavy atom. The maximum absolute atomic E-state index is 14.2. The van der Waals surface area contributed by atoms with Crippen molar-refractivity contribution in [2.75, 3.05) is 19.6 Å². The number of H-pyrrole nitrogens is 2. The molecule has 1 fully saturated rings. The van der Waals surface area contributed by atoms with Gasteiger partial charge in [0.1, 0.15) is 42.0 Å². The van der Waals surface area contributed by atoms with Gasteiger partial charge in [-0.1, -0.05) is 68.3 Å². The number of nitrogens with two attached hydrogens (primary N) is 1. The second-order valence-electron chi connectivity index (χ2n) is 16.6. The fraction of sp³-hybridized carbons (Fsp3) is 0.435. The fourth-order valence-electron chi connectivity index (χ4n) is 7.65. The summed E-state index contributed by atoms with van der Waals surface area (Å²) in [5.74, 6) is -5.75. The van der Waals surface area contributed by atoms with Crippen molar-refractivity contribution in [3.8, 4) is 0 Å². The summed E-state index contributed by atoms with van der Waals surface area (Å²) in [6.07, 6.45) is 5.67. The largest absolute Gasteiger partial charge is 0.361 e. The van der Waals surface area contributed by atoms with Crippen LogP contribution in [0.15, 0.2) is 73.3 Å². The monoisotopic (exact) mass is 924 g/mol. The quantitative estimate of drug-likeness (QED) is 0.0605. The van der Waals surface area contributed by atoms with Gasteiger partial charge in [0.25, 0.3) is 0 Å². The number of rotatable bonds is 16. The first kappa shape index (κ1) is 50.6. The Kier molecular flexibility index (Phi) is 18.7. The molecule has 1 saturated heterocycles. The second kappa shape index (κ2) is 24.8. The lowest BCUT2D eigenvalue weighted by atomic mass is 9.91. The zero-order valence-electron chi connectivity index (χ0n) is 37.6. The number of aldehydes is 1. The molecular weight excluding hydrogens is 865 g/mol. The van der Waals surface area contributed by atoms with Crippen molar-refractivity contribution in [2.45, 2.75) is 107 Å². The maximum Gasteiger partial charge on any atom is 0.243 e. The summed E-state index contributed by atoms with van der Waals surface area (Å²) in [6, 6.07) is 9.71. The van der Waals surface area contributed by atoms with E-state index in [-0.39, 0.29) is 58.0 Å². The highest BCUT2D eigenvalue weighted by atomic mass is 16.2. The average molecular weight is 925 g/mol. The minimum atomic E-state index is -1.61. The molecule has 0 saturated carbocycles. The predicted molar refractivity (Wildman–Crippen MR) is 245 cm³/mol. The molecule has 67 heavy (non-hydrogen) atoms. The molecule has 0 spiro atoms. The molecule has 21 heteroatoms. The first-order chi connectivity index (χ1) is 32.2. The molecule has 5 rings (SSSR count). The number of nitrogens with zero attached hydrogens (tertiary/aromatic N) is 1. The first-order valence-corrected chi connectivity index (χ1v) is 22.3. The maximum atomic E-state index is 14.2. The number of aromatic nitrogens is 3. The minimum absolute atomic E-state index is 0.00291. The van der Waals surface area contributed by atoms with Gasteiger partial charge in [0, 0.05) is 74.7 Å². The van der Waals surface area contributed by atoms with E-state index in [4.69, 9.17) is 5.73 Å². The van der Waals surface area contributed by atoms with E-state index in [1.807, 2.05) is 31.2 Å². The standard InChI is InChI=1S/C46H60N12O9/c1-3-4-13-34(53-28(2)60)42(64)55-35-15-16-39(61)49-18-17-36(45(67)58-46(25-47,26-59)21-30-22-50-33-14-9-8-12-32(30)33)54-40(62)24-51-41(63)37(19-29-10-6-5-7-11-29)56-44(66)38(57-43(35)65)20-31-23-48-27-52-31/h5-12,14,22-23,26-27,34-38,50H,3-4,13,15-21,24-25,47H2,1-2H3,(H,48,52)(H,49,61)(H,51,63)(H,53,60)(H,54,62)(H,55,64)(H,56,66)(H,57,65)(H,58,67). The van der Waals surface area contributed by atoms with Crippen LogP contribution in [0.2, 0.25) is 0 Å². The number of carbonyl (C=O) groups excluding carboxylic acids is 9. The third kappa shape index (κ3) is 15.1. The smallest absolute Gasteiger partial charge is 0.243 e. The predicted octanol–water partition coefficient (Wildman–Crippen LogP) is -1.02. The van der Waals surface area contributed by atoms with Crippen molar-refractivity contribution in [3.63, 3.8) is 0 Å². The highest BCUT2D eigenvalue weighted by Gasteiger charge is 2.36. The highest BCUT2D eigenvalue weighted by molar-refractivity contribution is 5.97. The van der Waals surface area contributed by atoms with Gasteiger partial charge in [-0.3, -0.25) is 38.4 Å². The average Bonchev–Trinajstić information content (AvgIpc) is 3.99. The van der Waals surface area contributed by atoms with Crippen molar-refractivity contribution in [2.24, 2.45) is 5.73 Å². The lowest BCUT2D eigenvalue weighted by Crippen LogP contribution is -2.61. The van der Waals surface area contributed by atoms with E-state index < -0.39 is 89.6 Å². The van der Waals surface area contributed by atoms with Gasteiger partial charge in [-0.05, 0) is 36.5 Å². The molecule has 1 aliphatic rings. The Morgan fingerprint density at radius 1 is 0.881 bits per heavy atom. The molecule has 3 heterocycles. The van der Waals surface area contributed by atoms with E-state index in [2.05, 4.69) is 57.5 Å². The van der Waals surface area contributed by atoms with E-state index in [0.717, 1.165) is 10.9 Å². The van der Waals surface area contributed by atoms with Crippen LogP contribution in [-0.2, 0) is 62.4 Å². The Labute approximate surface area is 387 Å². The number of imidazole rings is 1. The van der Waals surface area contributed by atoms with Gasteiger partial charge in [-0.2, -0.15) is 0 Å². The number of para-hydroxylation sites is 1. The van der Waals surface area contributed by atoms with Crippen LogP contribution in [0.5, 0.6) is 0 Å². The molecule has 6 unspecified atom stereocenters. The van der Waals surface area contributed by atoms with Crippen LogP contribution < -0.4 is 48.3 Å². The van der Waals surface area contributed by atoms with E-state index in [0.29, 0.717) is 35.9 Å². The first-order valence-electron chi connectivity index (χ1n) is 22.3. The number of nitrogens with one attached hydrogen (secondary N) is 10. The highest BCUT2D eigenvalue weighted by Crippen LogP contribution is 2.22. The number of hydrogen-bond donors (Lipinski definition) is 11. The number of benzene rings is 2. The van der Waals surface area contributed by atoms with Crippen LogP contribution in [0.1, 0.15) is 69.2 Å². The van der Waals surface area contributed by atoms with Crippen LogP contribution in [0.4, 0.5) is 0 Å². The van der Waals surface area contributed by atoms with Gasteiger partial charge in [0.05, 0.1) is 12.9 Å². The van der Waals surface area contributed by atoms with Crippen LogP contribution in [-0.4, -0.2) is 124 Å². The summed E-state index contributed by atoms with van der Waals surface area (Å²) < 4.78 is 0. The number of fused-ring (bicyclic) bond motifs is 1. The van der Waals surface area contributed by atoms with E-state index in [9.17, 15) is 43.2 Å². The van der Waals surface area contributed by atoms with Crippen LogP contribution in [0, 0.1) is 0 Å². The SMILES string of the molecule is CCCCC(NC(C)=O)C(=O)NC1CCC(=O)NCCC(C(=O)NC(C=O)(CN)Cc2c[nH]c3ccccc23)NC(=O)CNC(=O)C(Cc2ccccc2)NC(=O)C(Cc2cnc[nH]2)NC1=O. The molecule has 1 aliphatic heterocycles. The summed E-state index contributed by atoms with van der Waals surface area (Å²) in [5, 5.41) is 22.0. The molecule has 0 bridgehead atoms. The molecule has 21 nitrogen and oxygen atoms in total. The van der Waals surface area contributed by atoms with Crippen molar-refractivity contribution in [3.05, 3.63) is 90.1 Å².